The molecule has 1 aromatic rings. The van der Waals surface area contributed by atoms with Crippen LogP contribution in [0.5, 0.6) is 0 Å². The van der Waals surface area contributed by atoms with Gasteiger partial charge in [-0.05, 0) is 22.4 Å². The molecule has 1 amide bonds. The minimum atomic E-state index is 0.169. The fraction of sp³-hybridized carbons (Fsp3) is 0.500. The number of amides is 1. The quantitative estimate of drug-likeness (QED) is 0.747. The minimum Gasteiger partial charge on any atom is -0.349 e. The highest BCUT2D eigenvalue weighted by atomic mass is 32.1. The fourth-order valence-electron chi connectivity index (χ4n) is 1.04. The van der Waals surface area contributed by atoms with Gasteiger partial charge in [0.25, 0.3) is 0 Å². The average molecular weight is 212 g/mol. The van der Waals surface area contributed by atoms with E-state index in [2.05, 4.69) is 22.1 Å². The van der Waals surface area contributed by atoms with E-state index in [-0.39, 0.29) is 5.91 Å². The third-order valence-electron chi connectivity index (χ3n) is 1.92. The van der Waals surface area contributed by atoms with Gasteiger partial charge in [-0.15, -0.1) is 0 Å². The molecule has 0 saturated heterocycles. The van der Waals surface area contributed by atoms with Crippen molar-refractivity contribution in [2.45, 2.75) is 13.0 Å². The Hall–Kier alpha value is -0.870. The van der Waals surface area contributed by atoms with Crippen molar-refractivity contribution in [3.05, 3.63) is 22.4 Å². The van der Waals surface area contributed by atoms with Crippen LogP contribution in [0, 0.1) is 0 Å². The van der Waals surface area contributed by atoms with Crippen molar-refractivity contribution in [2.75, 3.05) is 20.6 Å². The molecule has 0 saturated carbocycles. The van der Waals surface area contributed by atoms with Crippen LogP contribution >= 0.6 is 11.3 Å². The molecule has 0 aliphatic rings. The standard InChI is InChI=1S/C10H16N2OS/c1-12(2)10(13)3-5-11-7-9-4-6-14-8-9/h4,6,8,11H,3,5,7H2,1-2H3. The van der Waals surface area contributed by atoms with Gasteiger partial charge in [-0.3, -0.25) is 4.79 Å². The highest BCUT2D eigenvalue weighted by molar-refractivity contribution is 7.07. The molecule has 1 heterocycles. The molecule has 78 valence electrons. The van der Waals surface area contributed by atoms with Crippen molar-refractivity contribution in [2.24, 2.45) is 0 Å². The molecular weight excluding hydrogens is 196 g/mol. The molecule has 0 atom stereocenters. The molecule has 1 aromatic heterocycles. The molecule has 0 fully saturated rings. The van der Waals surface area contributed by atoms with E-state index < -0.39 is 0 Å². The van der Waals surface area contributed by atoms with Crippen molar-refractivity contribution < 1.29 is 4.79 Å². The molecule has 0 radical (unpaired) electrons. The number of carbonyl (C=O) groups excluding carboxylic acids is 1. The number of hydrogen-bond acceptors (Lipinski definition) is 3. The minimum absolute atomic E-state index is 0.169. The van der Waals surface area contributed by atoms with E-state index in [0.29, 0.717) is 6.42 Å². The van der Waals surface area contributed by atoms with Crippen molar-refractivity contribution in [1.29, 1.82) is 0 Å². The number of rotatable bonds is 5. The molecule has 0 aromatic carbocycles. The summed E-state index contributed by atoms with van der Waals surface area (Å²) in [5, 5.41) is 7.40. The lowest BCUT2D eigenvalue weighted by molar-refractivity contribution is -0.128. The average Bonchev–Trinajstić information content (AvgIpc) is 2.64. The van der Waals surface area contributed by atoms with E-state index in [4.69, 9.17) is 0 Å². The van der Waals surface area contributed by atoms with Crippen LogP contribution in [-0.4, -0.2) is 31.4 Å². The lowest BCUT2D eigenvalue weighted by Gasteiger charge is -2.09. The molecule has 0 unspecified atom stereocenters. The largest absolute Gasteiger partial charge is 0.349 e. The summed E-state index contributed by atoms with van der Waals surface area (Å²) in [5.41, 5.74) is 1.28. The van der Waals surface area contributed by atoms with E-state index in [0.717, 1.165) is 13.1 Å². The Morgan fingerprint density at radius 3 is 2.93 bits per heavy atom. The van der Waals surface area contributed by atoms with Gasteiger partial charge in [0.05, 0.1) is 0 Å². The van der Waals surface area contributed by atoms with Crippen LogP contribution in [0.15, 0.2) is 16.8 Å². The maximum absolute atomic E-state index is 11.2. The summed E-state index contributed by atoms with van der Waals surface area (Å²) in [5.74, 6) is 0.169. The van der Waals surface area contributed by atoms with Crippen LogP contribution in [0.3, 0.4) is 0 Å². The molecule has 1 rings (SSSR count). The number of thiophene rings is 1. The Morgan fingerprint density at radius 1 is 1.57 bits per heavy atom. The SMILES string of the molecule is CN(C)C(=O)CCNCc1ccsc1. The lowest BCUT2D eigenvalue weighted by Crippen LogP contribution is -2.26. The molecule has 14 heavy (non-hydrogen) atoms. The third-order valence-corrected chi connectivity index (χ3v) is 2.66. The molecular formula is C10H16N2OS. The van der Waals surface area contributed by atoms with Crippen molar-refractivity contribution in [3.63, 3.8) is 0 Å². The first-order valence-electron chi connectivity index (χ1n) is 4.62. The predicted molar refractivity (Wildman–Crippen MR) is 59.3 cm³/mol. The Bertz CT molecular complexity index is 270. The maximum Gasteiger partial charge on any atom is 0.223 e. The normalized spacial score (nSPS) is 10.1. The summed E-state index contributed by atoms with van der Waals surface area (Å²) in [4.78, 5) is 12.8. The van der Waals surface area contributed by atoms with Crippen LogP contribution < -0.4 is 5.32 Å². The first kappa shape index (κ1) is 11.2. The Labute approximate surface area is 88.7 Å². The number of nitrogens with zero attached hydrogens (tertiary/aromatic N) is 1. The second-order valence-corrected chi connectivity index (χ2v) is 4.13. The zero-order chi connectivity index (χ0) is 10.4. The summed E-state index contributed by atoms with van der Waals surface area (Å²) in [6, 6.07) is 2.09. The van der Waals surface area contributed by atoms with E-state index in [1.165, 1.54) is 5.56 Å². The van der Waals surface area contributed by atoms with E-state index in [1.807, 2.05) is 0 Å². The highest BCUT2D eigenvalue weighted by Gasteiger charge is 2.02. The Balaban J connectivity index is 2.08. The van der Waals surface area contributed by atoms with E-state index in [9.17, 15) is 4.79 Å². The van der Waals surface area contributed by atoms with Gasteiger partial charge in [-0.1, -0.05) is 0 Å². The molecule has 1 N–H and O–H groups in total. The van der Waals surface area contributed by atoms with Crippen molar-refractivity contribution in [1.82, 2.24) is 10.2 Å². The molecule has 0 bridgehead atoms. The van der Waals surface area contributed by atoms with E-state index >= 15 is 0 Å². The number of hydrogen-bond donors (Lipinski definition) is 1. The second-order valence-electron chi connectivity index (χ2n) is 3.35. The number of carbonyl (C=O) groups is 1. The van der Waals surface area contributed by atoms with Crippen molar-refractivity contribution in [3.8, 4) is 0 Å². The summed E-state index contributed by atoms with van der Waals surface area (Å²) in [6.45, 7) is 1.59. The molecule has 4 heteroatoms. The zero-order valence-corrected chi connectivity index (χ0v) is 9.43. The first-order valence-corrected chi connectivity index (χ1v) is 5.56. The van der Waals surface area contributed by atoms with Gasteiger partial charge in [0, 0.05) is 33.6 Å². The molecule has 3 nitrogen and oxygen atoms in total. The topological polar surface area (TPSA) is 32.3 Å². The van der Waals surface area contributed by atoms with Gasteiger partial charge in [0.2, 0.25) is 5.91 Å². The van der Waals surface area contributed by atoms with E-state index in [1.54, 1.807) is 30.3 Å². The van der Waals surface area contributed by atoms with Crippen LogP contribution in [-0.2, 0) is 11.3 Å². The molecule has 0 aliphatic heterocycles. The van der Waals surface area contributed by atoms with Gasteiger partial charge in [0.15, 0.2) is 0 Å². The van der Waals surface area contributed by atoms with Gasteiger partial charge in [0.1, 0.15) is 0 Å². The van der Waals surface area contributed by atoms with Gasteiger partial charge >= 0.3 is 0 Å². The fourth-order valence-corrected chi connectivity index (χ4v) is 1.71. The van der Waals surface area contributed by atoms with Crippen LogP contribution in [0.4, 0.5) is 0 Å². The summed E-state index contributed by atoms with van der Waals surface area (Å²) in [7, 11) is 3.56. The third kappa shape index (κ3) is 3.89. The zero-order valence-electron chi connectivity index (χ0n) is 8.62. The van der Waals surface area contributed by atoms with Crippen molar-refractivity contribution >= 4 is 17.2 Å². The van der Waals surface area contributed by atoms with Gasteiger partial charge in [-0.25, -0.2) is 0 Å². The Morgan fingerprint density at radius 2 is 2.36 bits per heavy atom. The second kappa shape index (κ2) is 5.78. The van der Waals surface area contributed by atoms with Gasteiger partial charge < -0.3 is 10.2 Å². The number of nitrogens with one attached hydrogen (secondary N) is 1. The Kier molecular flexibility index (Phi) is 4.62. The first-order chi connectivity index (χ1) is 6.70. The predicted octanol–water partition coefficient (Wildman–Crippen LogP) is 1.32. The van der Waals surface area contributed by atoms with Crippen LogP contribution in [0.25, 0.3) is 0 Å². The molecule has 0 aliphatic carbocycles. The monoisotopic (exact) mass is 212 g/mol. The summed E-state index contributed by atoms with van der Waals surface area (Å²) in [6.07, 6.45) is 0.567. The lowest BCUT2D eigenvalue weighted by atomic mass is 10.3. The van der Waals surface area contributed by atoms with Crippen LogP contribution in [0.1, 0.15) is 12.0 Å². The maximum atomic E-state index is 11.2. The highest BCUT2D eigenvalue weighted by Crippen LogP contribution is 2.04. The van der Waals surface area contributed by atoms with Gasteiger partial charge in [-0.2, -0.15) is 11.3 Å². The summed E-state index contributed by atoms with van der Waals surface area (Å²) < 4.78 is 0. The smallest absolute Gasteiger partial charge is 0.223 e. The molecule has 0 spiro atoms. The van der Waals surface area contributed by atoms with Crippen LogP contribution in [0.2, 0.25) is 0 Å². The summed E-state index contributed by atoms with van der Waals surface area (Å²) >= 11 is 1.69.